The quantitative estimate of drug-likeness (QED) is 0.531. The lowest BCUT2D eigenvalue weighted by Gasteiger charge is -2.05. The average molecular weight is 345 g/mol. The van der Waals surface area contributed by atoms with Gasteiger partial charge < -0.3 is 0 Å². The zero-order valence-corrected chi connectivity index (χ0v) is 10.5. The summed E-state index contributed by atoms with van der Waals surface area (Å²) < 4.78 is 2.34. The summed E-state index contributed by atoms with van der Waals surface area (Å²) in [6.45, 7) is 2.08. The van der Waals surface area contributed by atoms with Gasteiger partial charge in [-0.25, -0.2) is 0 Å². The molecule has 0 aliphatic rings. The molecule has 0 saturated heterocycles. The number of halogens is 3. The molecular formula is C8H7BrClI. The van der Waals surface area contributed by atoms with Gasteiger partial charge >= 0.3 is 0 Å². The SMILES string of the molecule is Cc1ccc(Br)c(I)c1CCl. The summed E-state index contributed by atoms with van der Waals surface area (Å²) >= 11 is 11.5. The van der Waals surface area contributed by atoms with Gasteiger partial charge in [-0.2, -0.15) is 0 Å². The lowest BCUT2D eigenvalue weighted by molar-refractivity contribution is 1.26. The molecule has 0 fully saturated rings. The van der Waals surface area contributed by atoms with Crippen molar-refractivity contribution in [1.29, 1.82) is 0 Å². The number of hydrogen-bond acceptors (Lipinski definition) is 0. The molecule has 1 aromatic rings. The molecule has 0 N–H and O–H groups in total. The first-order valence-corrected chi connectivity index (χ1v) is 5.57. The van der Waals surface area contributed by atoms with Crippen LogP contribution < -0.4 is 0 Å². The minimum atomic E-state index is 0.587. The Morgan fingerprint density at radius 2 is 2.18 bits per heavy atom. The van der Waals surface area contributed by atoms with Crippen LogP contribution in [0.15, 0.2) is 16.6 Å². The predicted octanol–water partition coefficient (Wildman–Crippen LogP) is 4.10. The minimum absolute atomic E-state index is 0.587. The summed E-state index contributed by atoms with van der Waals surface area (Å²) in [7, 11) is 0. The molecule has 0 radical (unpaired) electrons. The van der Waals surface area contributed by atoms with Crippen molar-refractivity contribution >= 4 is 50.1 Å². The van der Waals surface area contributed by atoms with E-state index >= 15 is 0 Å². The van der Waals surface area contributed by atoms with Crippen molar-refractivity contribution in [2.24, 2.45) is 0 Å². The zero-order chi connectivity index (χ0) is 8.43. The second kappa shape index (κ2) is 4.10. The Morgan fingerprint density at radius 1 is 1.55 bits per heavy atom. The van der Waals surface area contributed by atoms with Crippen LogP contribution in [0.4, 0.5) is 0 Å². The number of rotatable bonds is 1. The maximum absolute atomic E-state index is 5.78. The molecule has 0 saturated carbocycles. The van der Waals surface area contributed by atoms with Gasteiger partial charge in [-0.05, 0) is 62.6 Å². The predicted molar refractivity (Wildman–Crippen MR) is 61.2 cm³/mol. The molecule has 0 nitrogen and oxygen atoms in total. The number of benzene rings is 1. The van der Waals surface area contributed by atoms with E-state index in [1.54, 1.807) is 0 Å². The molecule has 0 atom stereocenters. The largest absolute Gasteiger partial charge is 0.121 e. The fraction of sp³-hybridized carbons (Fsp3) is 0.250. The monoisotopic (exact) mass is 344 g/mol. The molecule has 0 unspecified atom stereocenters. The summed E-state index contributed by atoms with van der Waals surface area (Å²) in [6.07, 6.45) is 0. The van der Waals surface area contributed by atoms with Crippen molar-refractivity contribution in [3.8, 4) is 0 Å². The Balaban J connectivity index is 3.29. The van der Waals surface area contributed by atoms with Gasteiger partial charge in [0.1, 0.15) is 0 Å². The first-order chi connectivity index (χ1) is 5.16. The van der Waals surface area contributed by atoms with Crippen LogP contribution in [0.25, 0.3) is 0 Å². The molecule has 11 heavy (non-hydrogen) atoms. The summed E-state index contributed by atoms with van der Waals surface area (Å²) in [5, 5.41) is 0. The van der Waals surface area contributed by atoms with Crippen molar-refractivity contribution in [2.45, 2.75) is 12.8 Å². The Bertz CT molecular complexity index is 273. The van der Waals surface area contributed by atoms with Gasteiger partial charge in [0.25, 0.3) is 0 Å². The van der Waals surface area contributed by atoms with Crippen molar-refractivity contribution in [1.82, 2.24) is 0 Å². The lowest BCUT2D eigenvalue weighted by Crippen LogP contribution is -1.90. The van der Waals surface area contributed by atoms with Crippen LogP contribution in [0.1, 0.15) is 11.1 Å². The molecule has 0 heterocycles. The van der Waals surface area contributed by atoms with Gasteiger partial charge in [0, 0.05) is 13.9 Å². The van der Waals surface area contributed by atoms with Gasteiger partial charge in [0.2, 0.25) is 0 Å². The van der Waals surface area contributed by atoms with E-state index in [1.807, 2.05) is 6.07 Å². The topological polar surface area (TPSA) is 0 Å². The highest BCUT2D eigenvalue weighted by molar-refractivity contribution is 14.1. The number of hydrogen-bond donors (Lipinski definition) is 0. The van der Waals surface area contributed by atoms with E-state index < -0.39 is 0 Å². The van der Waals surface area contributed by atoms with E-state index in [9.17, 15) is 0 Å². The zero-order valence-electron chi connectivity index (χ0n) is 6.00. The second-order valence-electron chi connectivity index (χ2n) is 2.29. The molecule has 0 aliphatic carbocycles. The molecule has 0 bridgehead atoms. The molecular weight excluding hydrogens is 338 g/mol. The fourth-order valence-electron chi connectivity index (χ4n) is 0.853. The van der Waals surface area contributed by atoms with Crippen LogP contribution in [0, 0.1) is 10.5 Å². The molecule has 0 spiro atoms. The molecule has 1 rings (SSSR count). The van der Waals surface area contributed by atoms with Crippen LogP contribution in [-0.2, 0) is 5.88 Å². The summed E-state index contributed by atoms with van der Waals surface area (Å²) in [4.78, 5) is 0. The summed E-state index contributed by atoms with van der Waals surface area (Å²) in [5.41, 5.74) is 2.48. The average Bonchev–Trinajstić information content (AvgIpc) is 1.99. The first-order valence-electron chi connectivity index (χ1n) is 3.16. The third-order valence-corrected chi connectivity index (χ3v) is 4.47. The normalized spacial score (nSPS) is 10.2. The van der Waals surface area contributed by atoms with Gasteiger partial charge in [0.15, 0.2) is 0 Å². The number of alkyl halides is 1. The smallest absolute Gasteiger partial charge is 0.0487 e. The van der Waals surface area contributed by atoms with Gasteiger partial charge in [-0.1, -0.05) is 6.07 Å². The molecule has 60 valence electrons. The van der Waals surface area contributed by atoms with Gasteiger partial charge in [-0.15, -0.1) is 11.6 Å². The van der Waals surface area contributed by atoms with Crippen LogP contribution in [-0.4, -0.2) is 0 Å². The Hall–Kier alpha value is 0.720. The Morgan fingerprint density at radius 3 is 2.64 bits per heavy atom. The number of aryl methyl sites for hydroxylation is 1. The van der Waals surface area contributed by atoms with Crippen molar-refractivity contribution in [3.63, 3.8) is 0 Å². The van der Waals surface area contributed by atoms with Crippen molar-refractivity contribution in [3.05, 3.63) is 31.3 Å². The first kappa shape index (κ1) is 9.81. The van der Waals surface area contributed by atoms with E-state index in [-0.39, 0.29) is 0 Å². The van der Waals surface area contributed by atoms with Gasteiger partial charge in [0.05, 0.1) is 0 Å². The minimum Gasteiger partial charge on any atom is -0.121 e. The highest BCUT2D eigenvalue weighted by Crippen LogP contribution is 2.26. The van der Waals surface area contributed by atoms with E-state index in [2.05, 4.69) is 51.5 Å². The van der Waals surface area contributed by atoms with Crippen molar-refractivity contribution < 1.29 is 0 Å². The summed E-state index contributed by atoms with van der Waals surface area (Å²) in [6, 6.07) is 4.12. The molecule has 3 heteroatoms. The lowest BCUT2D eigenvalue weighted by atomic mass is 10.1. The Kier molecular flexibility index (Phi) is 3.65. The third kappa shape index (κ3) is 2.10. The van der Waals surface area contributed by atoms with E-state index in [0.29, 0.717) is 5.88 Å². The van der Waals surface area contributed by atoms with Crippen LogP contribution in [0.2, 0.25) is 0 Å². The third-order valence-electron chi connectivity index (χ3n) is 1.56. The van der Waals surface area contributed by atoms with Crippen molar-refractivity contribution in [2.75, 3.05) is 0 Å². The highest BCUT2D eigenvalue weighted by atomic mass is 127. The van der Waals surface area contributed by atoms with E-state index in [4.69, 9.17) is 11.6 Å². The maximum atomic E-state index is 5.78. The van der Waals surface area contributed by atoms with Crippen LogP contribution in [0.3, 0.4) is 0 Å². The van der Waals surface area contributed by atoms with Crippen LogP contribution >= 0.6 is 50.1 Å². The van der Waals surface area contributed by atoms with Crippen LogP contribution in [0.5, 0.6) is 0 Å². The molecule has 1 aromatic carbocycles. The van der Waals surface area contributed by atoms with E-state index in [0.717, 1.165) is 4.47 Å². The molecule has 0 amide bonds. The second-order valence-corrected chi connectivity index (χ2v) is 4.49. The molecule has 0 aromatic heterocycles. The molecule has 0 aliphatic heterocycles. The van der Waals surface area contributed by atoms with E-state index in [1.165, 1.54) is 14.7 Å². The fourth-order valence-corrected chi connectivity index (χ4v) is 2.59. The summed E-state index contributed by atoms with van der Waals surface area (Å²) in [5.74, 6) is 0.587. The standard InChI is InChI=1S/C8H7BrClI/c1-5-2-3-7(9)8(11)6(5)4-10/h2-3H,4H2,1H3. The van der Waals surface area contributed by atoms with Gasteiger partial charge in [-0.3, -0.25) is 0 Å². The Labute approximate surface area is 93.6 Å². The highest BCUT2D eigenvalue weighted by Gasteiger charge is 2.04. The maximum Gasteiger partial charge on any atom is 0.0487 e.